The molecule has 0 saturated carbocycles. The number of rotatable bonds is 7. The van der Waals surface area contributed by atoms with Crippen molar-refractivity contribution in [3.63, 3.8) is 0 Å². The van der Waals surface area contributed by atoms with Crippen molar-refractivity contribution in [3.8, 4) is 6.01 Å². The molecule has 26 heavy (non-hydrogen) atoms. The van der Waals surface area contributed by atoms with E-state index in [-0.39, 0.29) is 23.3 Å². The standard InChI is InChI=1S/C14H16ClF3N4O3S/c1-3-22-12(19-20-13(22)25-8-14(16,17)18)9(2)21-26(23,24)11-6-4-10(15)5-7-11/h4-7,9,21H,3,8H2,1-2H3/t9-/m1/s1. The summed E-state index contributed by atoms with van der Waals surface area (Å²) in [4.78, 5) is -0.00939. The number of ether oxygens (including phenoxy) is 1. The Hall–Kier alpha value is -1.85. The number of hydrogen-bond acceptors (Lipinski definition) is 5. The van der Waals surface area contributed by atoms with E-state index in [4.69, 9.17) is 11.6 Å². The fourth-order valence-electron chi connectivity index (χ4n) is 2.14. The molecule has 0 aliphatic rings. The maximum atomic E-state index is 12.4. The molecule has 0 unspecified atom stereocenters. The molecule has 7 nitrogen and oxygen atoms in total. The number of sulfonamides is 1. The average Bonchev–Trinajstić information content (AvgIpc) is 2.95. The molecule has 0 aliphatic heterocycles. The van der Waals surface area contributed by atoms with Crippen molar-refractivity contribution in [1.82, 2.24) is 19.5 Å². The highest BCUT2D eigenvalue weighted by Crippen LogP contribution is 2.22. The second-order valence-electron chi connectivity index (χ2n) is 5.29. The first-order valence-electron chi connectivity index (χ1n) is 7.44. The average molecular weight is 413 g/mol. The third kappa shape index (κ3) is 5.08. The van der Waals surface area contributed by atoms with E-state index in [1.165, 1.54) is 35.8 Å². The fourth-order valence-corrected chi connectivity index (χ4v) is 3.47. The van der Waals surface area contributed by atoms with Gasteiger partial charge in [0.1, 0.15) is 0 Å². The third-order valence-electron chi connectivity index (χ3n) is 3.27. The molecule has 2 rings (SSSR count). The largest absolute Gasteiger partial charge is 0.454 e. The summed E-state index contributed by atoms with van der Waals surface area (Å²) in [6.07, 6.45) is -4.52. The predicted molar refractivity (Wildman–Crippen MR) is 87.4 cm³/mol. The van der Waals surface area contributed by atoms with E-state index in [1.54, 1.807) is 6.92 Å². The van der Waals surface area contributed by atoms with Crippen LogP contribution in [-0.2, 0) is 16.6 Å². The minimum Gasteiger partial charge on any atom is -0.454 e. The van der Waals surface area contributed by atoms with Gasteiger partial charge >= 0.3 is 12.2 Å². The van der Waals surface area contributed by atoms with Gasteiger partial charge in [-0.25, -0.2) is 13.1 Å². The van der Waals surface area contributed by atoms with E-state index >= 15 is 0 Å². The van der Waals surface area contributed by atoms with Gasteiger partial charge in [-0.15, -0.1) is 5.10 Å². The zero-order valence-corrected chi connectivity index (χ0v) is 15.4. The first-order chi connectivity index (χ1) is 12.0. The van der Waals surface area contributed by atoms with Gasteiger partial charge < -0.3 is 4.74 Å². The highest BCUT2D eigenvalue weighted by molar-refractivity contribution is 7.89. The van der Waals surface area contributed by atoms with Crippen LogP contribution in [-0.4, -0.2) is 36.0 Å². The van der Waals surface area contributed by atoms with Crippen LogP contribution >= 0.6 is 11.6 Å². The number of nitrogens with zero attached hydrogens (tertiary/aromatic N) is 3. The summed E-state index contributed by atoms with van der Waals surface area (Å²) >= 11 is 5.74. The lowest BCUT2D eigenvalue weighted by molar-refractivity contribution is -0.155. The number of nitrogens with one attached hydrogen (secondary N) is 1. The zero-order valence-electron chi connectivity index (χ0n) is 13.8. The summed E-state index contributed by atoms with van der Waals surface area (Å²) < 4.78 is 70.0. The highest BCUT2D eigenvalue weighted by atomic mass is 35.5. The van der Waals surface area contributed by atoms with Crippen LogP contribution in [0.3, 0.4) is 0 Å². The molecule has 0 spiro atoms. The van der Waals surface area contributed by atoms with Gasteiger partial charge in [-0.1, -0.05) is 16.7 Å². The molecule has 1 aromatic carbocycles. The van der Waals surface area contributed by atoms with Crippen LogP contribution in [0.15, 0.2) is 29.2 Å². The van der Waals surface area contributed by atoms with E-state index in [2.05, 4.69) is 19.7 Å². The van der Waals surface area contributed by atoms with Gasteiger partial charge in [-0.05, 0) is 38.1 Å². The van der Waals surface area contributed by atoms with Gasteiger partial charge in [-0.3, -0.25) is 4.57 Å². The molecular weight excluding hydrogens is 397 g/mol. The number of hydrogen-bond donors (Lipinski definition) is 1. The summed E-state index contributed by atoms with van der Waals surface area (Å²) in [6, 6.07) is 4.33. The lowest BCUT2D eigenvalue weighted by atomic mass is 10.3. The minimum absolute atomic E-state index is 0.00939. The first kappa shape index (κ1) is 20.5. The fraction of sp³-hybridized carbons (Fsp3) is 0.429. The molecule has 1 atom stereocenters. The Labute approximate surface area is 153 Å². The van der Waals surface area contributed by atoms with Gasteiger partial charge in [0.2, 0.25) is 10.0 Å². The molecule has 144 valence electrons. The molecule has 0 saturated heterocycles. The van der Waals surface area contributed by atoms with Crippen LogP contribution in [0.25, 0.3) is 0 Å². The van der Waals surface area contributed by atoms with Gasteiger partial charge in [-0.2, -0.15) is 13.2 Å². The van der Waals surface area contributed by atoms with Gasteiger partial charge in [0, 0.05) is 11.6 Å². The molecule has 0 amide bonds. The lowest BCUT2D eigenvalue weighted by Crippen LogP contribution is -2.29. The summed E-state index contributed by atoms with van der Waals surface area (Å²) in [5, 5.41) is 7.70. The highest BCUT2D eigenvalue weighted by Gasteiger charge is 2.30. The molecule has 12 heteroatoms. The molecule has 1 N–H and O–H groups in total. The van der Waals surface area contributed by atoms with Crippen molar-refractivity contribution >= 4 is 21.6 Å². The molecule has 0 fully saturated rings. The van der Waals surface area contributed by atoms with Crippen LogP contribution in [0.5, 0.6) is 6.01 Å². The van der Waals surface area contributed by atoms with Crippen LogP contribution < -0.4 is 9.46 Å². The number of alkyl halides is 3. The van der Waals surface area contributed by atoms with E-state index in [0.29, 0.717) is 5.02 Å². The Bertz CT molecular complexity index is 853. The smallest absolute Gasteiger partial charge is 0.422 e. The maximum absolute atomic E-state index is 12.4. The second-order valence-corrected chi connectivity index (χ2v) is 7.44. The van der Waals surface area contributed by atoms with Crippen LogP contribution in [0, 0.1) is 0 Å². The zero-order chi connectivity index (χ0) is 19.5. The summed E-state index contributed by atoms with van der Waals surface area (Å²) in [5.41, 5.74) is 0. The first-order valence-corrected chi connectivity index (χ1v) is 9.30. The van der Waals surface area contributed by atoms with Crippen molar-refractivity contribution in [2.75, 3.05) is 6.61 Å². The van der Waals surface area contributed by atoms with Gasteiger partial charge in [0.05, 0.1) is 10.9 Å². The summed E-state index contributed by atoms with van der Waals surface area (Å²) in [7, 11) is -3.89. The van der Waals surface area contributed by atoms with E-state index in [9.17, 15) is 21.6 Å². The SMILES string of the molecule is CCn1c(OCC(F)(F)F)nnc1[C@@H](C)NS(=O)(=O)c1ccc(Cl)cc1. The molecule has 0 bridgehead atoms. The summed E-state index contributed by atoms with van der Waals surface area (Å²) in [6.45, 7) is 1.82. The Balaban J connectivity index is 2.20. The van der Waals surface area contributed by atoms with Gasteiger partial charge in [0.15, 0.2) is 12.4 Å². The van der Waals surface area contributed by atoms with E-state index < -0.39 is 28.8 Å². The van der Waals surface area contributed by atoms with Gasteiger partial charge in [0.25, 0.3) is 0 Å². The molecule has 0 radical (unpaired) electrons. The number of benzene rings is 1. The Kier molecular flexibility index (Phi) is 6.14. The van der Waals surface area contributed by atoms with E-state index in [0.717, 1.165) is 0 Å². The van der Waals surface area contributed by atoms with Crippen LogP contribution in [0.2, 0.25) is 5.02 Å². The van der Waals surface area contributed by atoms with Crippen molar-refractivity contribution in [2.45, 2.75) is 37.5 Å². The van der Waals surface area contributed by atoms with Crippen molar-refractivity contribution in [2.24, 2.45) is 0 Å². The third-order valence-corrected chi connectivity index (χ3v) is 5.08. The maximum Gasteiger partial charge on any atom is 0.422 e. The van der Waals surface area contributed by atoms with Crippen LogP contribution in [0.1, 0.15) is 25.7 Å². The Morgan fingerprint density at radius 1 is 1.27 bits per heavy atom. The Morgan fingerprint density at radius 2 is 1.88 bits per heavy atom. The molecule has 0 aliphatic carbocycles. The lowest BCUT2D eigenvalue weighted by Gasteiger charge is -2.15. The topological polar surface area (TPSA) is 86.1 Å². The quantitative estimate of drug-likeness (QED) is 0.755. The van der Waals surface area contributed by atoms with Crippen LogP contribution in [0.4, 0.5) is 13.2 Å². The Morgan fingerprint density at radius 3 is 2.42 bits per heavy atom. The number of halogens is 4. The second kappa shape index (κ2) is 7.80. The number of aromatic nitrogens is 3. The molecular formula is C14H16ClF3N4O3S. The monoisotopic (exact) mass is 412 g/mol. The molecule has 2 aromatic rings. The normalized spacial score (nSPS) is 13.6. The van der Waals surface area contributed by atoms with Crippen molar-refractivity contribution < 1.29 is 26.3 Å². The van der Waals surface area contributed by atoms with Crippen molar-refractivity contribution in [3.05, 3.63) is 35.1 Å². The minimum atomic E-state index is -4.52. The van der Waals surface area contributed by atoms with E-state index in [1.807, 2.05) is 0 Å². The van der Waals surface area contributed by atoms with Crippen molar-refractivity contribution in [1.29, 1.82) is 0 Å². The summed E-state index contributed by atoms with van der Waals surface area (Å²) in [5.74, 6) is 0.127. The predicted octanol–water partition coefficient (Wildman–Crippen LogP) is 2.93. The molecule has 1 heterocycles. The molecule has 1 aromatic heterocycles.